The zero-order chi connectivity index (χ0) is 31.6. The zero-order valence-corrected chi connectivity index (χ0v) is 24.9. The smallest absolute Gasteiger partial charge is 0.459 e. The third kappa shape index (κ3) is 6.52. The monoisotopic (exact) mass is 634 g/mol. The first-order chi connectivity index (χ1) is 21.7. The summed E-state index contributed by atoms with van der Waals surface area (Å²) in [4.78, 5) is 25.1. The van der Waals surface area contributed by atoms with E-state index in [-0.39, 0.29) is 23.8 Å². The number of ether oxygens (including phenoxy) is 2. The summed E-state index contributed by atoms with van der Waals surface area (Å²) in [5.74, 6) is -0.312. The van der Waals surface area contributed by atoms with Crippen molar-refractivity contribution in [3.05, 3.63) is 91.0 Å². The van der Waals surface area contributed by atoms with Gasteiger partial charge in [-0.3, -0.25) is 13.9 Å². The molecule has 1 aliphatic rings. The molecule has 5 aromatic rings. The largest absolute Gasteiger partial charge is 0.460 e. The minimum atomic E-state index is -4.36. The van der Waals surface area contributed by atoms with Gasteiger partial charge in [0.2, 0.25) is 0 Å². The fourth-order valence-corrected chi connectivity index (χ4v) is 6.48. The van der Waals surface area contributed by atoms with Gasteiger partial charge in [-0.05, 0) is 23.9 Å². The summed E-state index contributed by atoms with van der Waals surface area (Å²) in [6, 6.07) is 20.5. The molecular formula is C30H31N6O8P. The van der Waals surface area contributed by atoms with Crippen LogP contribution in [-0.4, -0.2) is 66.7 Å². The van der Waals surface area contributed by atoms with E-state index in [1.165, 1.54) is 24.1 Å². The Morgan fingerprint density at radius 1 is 1.04 bits per heavy atom. The molecule has 45 heavy (non-hydrogen) atoms. The molecule has 0 radical (unpaired) electrons. The Morgan fingerprint density at radius 3 is 2.62 bits per heavy atom. The van der Waals surface area contributed by atoms with Gasteiger partial charge in [0.25, 0.3) is 0 Å². The van der Waals surface area contributed by atoms with Gasteiger partial charge in [0.15, 0.2) is 17.7 Å². The maximum Gasteiger partial charge on any atom is 0.459 e. The molecule has 1 aliphatic heterocycles. The van der Waals surface area contributed by atoms with Crippen molar-refractivity contribution in [2.75, 3.05) is 12.3 Å². The second kappa shape index (κ2) is 12.9. The van der Waals surface area contributed by atoms with Crippen LogP contribution < -0.4 is 15.3 Å². The van der Waals surface area contributed by atoms with Gasteiger partial charge in [-0.25, -0.2) is 19.5 Å². The van der Waals surface area contributed by atoms with Gasteiger partial charge >= 0.3 is 13.7 Å². The number of hydrogen-bond donors (Lipinski definition) is 4. The highest BCUT2D eigenvalue weighted by Gasteiger charge is 2.46. The van der Waals surface area contributed by atoms with E-state index in [4.69, 9.17) is 24.3 Å². The number of anilines is 1. The van der Waals surface area contributed by atoms with Crippen LogP contribution in [0.15, 0.2) is 85.5 Å². The van der Waals surface area contributed by atoms with Crippen LogP contribution in [0.3, 0.4) is 0 Å². The molecule has 14 nitrogen and oxygen atoms in total. The van der Waals surface area contributed by atoms with Gasteiger partial charge in [0.05, 0.1) is 12.9 Å². The third-order valence-electron chi connectivity index (χ3n) is 7.30. The zero-order valence-electron chi connectivity index (χ0n) is 24.0. The molecule has 0 saturated carbocycles. The molecule has 0 bridgehead atoms. The van der Waals surface area contributed by atoms with Crippen LogP contribution in [0.1, 0.15) is 18.7 Å². The molecule has 0 spiro atoms. The lowest BCUT2D eigenvalue weighted by Crippen LogP contribution is -2.37. The molecule has 1 fully saturated rings. The first-order valence-corrected chi connectivity index (χ1v) is 15.6. The van der Waals surface area contributed by atoms with Gasteiger partial charge in [0, 0.05) is 5.39 Å². The number of nitrogen functional groups attached to an aromatic ring is 1. The number of aromatic nitrogens is 4. The van der Waals surface area contributed by atoms with Crippen molar-refractivity contribution in [1.82, 2.24) is 24.6 Å². The lowest BCUT2D eigenvalue weighted by Gasteiger charge is -2.25. The van der Waals surface area contributed by atoms with Crippen LogP contribution in [0.5, 0.6) is 5.75 Å². The molecule has 1 saturated heterocycles. The summed E-state index contributed by atoms with van der Waals surface area (Å²) in [6.45, 7) is 0.995. The number of carbonyl (C=O) groups excluding carboxylic acids is 1. The highest BCUT2D eigenvalue weighted by molar-refractivity contribution is 7.52. The number of hydrogen-bond acceptors (Lipinski definition) is 12. The predicted octanol–water partition coefficient (Wildman–Crippen LogP) is 3.11. The summed E-state index contributed by atoms with van der Waals surface area (Å²) in [5.41, 5.74) is 7.24. The lowest BCUT2D eigenvalue weighted by atomic mass is 10.1. The first kappa shape index (κ1) is 30.6. The van der Waals surface area contributed by atoms with Crippen LogP contribution in [-0.2, 0) is 30.0 Å². The molecule has 6 atom stereocenters. The SMILES string of the molecule is C[C@H](NP(=O)(OC[C@H]1O[C@@H](n2cnc3c(N)ncnc32)[C@H](O)[C@@H]1O)Oc1cccc2ccccc12)C(=O)OCc1ccccc1. The van der Waals surface area contributed by atoms with E-state index in [1.54, 1.807) is 24.3 Å². The number of aliphatic hydroxyl groups excluding tert-OH is 2. The van der Waals surface area contributed by atoms with Crippen LogP contribution in [0.25, 0.3) is 21.9 Å². The molecule has 6 rings (SSSR count). The Hall–Kier alpha value is -4.43. The van der Waals surface area contributed by atoms with Gasteiger partial charge < -0.3 is 29.9 Å². The number of nitrogens with zero attached hydrogens (tertiary/aromatic N) is 4. The minimum absolute atomic E-state index is 0.0158. The fourth-order valence-electron chi connectivity index (χ4n) is 4.96. The Bertz CT molecular complexity index is 1850. The molecular weight excluding hydrogens is 603 g/mol. The van der Waals surface area contributed by atoms with Crippen molar-refractivity contribution in [3.8, 4) is 5.75 Å². The molecule has 5 N–H and O–H groups in total. The van der Waals surface area contributed by atoms with Gasteiger partial charge in [0.1, 0.15) is 48.6 Å². The Labute approximate surface area is 257 Å². The maximum atomic E-state index is 14.3. The summed E-state index contributed by atoms with van der Waals surface area (Å²) < 4.78 is 38.8. The van der Waals surface area contributed by atoms with Crippen molar-refractivity contribution in [1.29, 1.82) is 0 Å². The Morgan fingerprint density at radius 2 is 1.80 bits per heavy atom. The van der Waals surface area contributed by atoms with Gasteiger partial charge in [-0.1, -0.05) is 66.7 Å². The van der Waals surface area contributed by atoms with Crippen molar-refractivity contribution in [3.63, 3.8) is 0 Å². The molecule has 0 aliphatic carbocycles. The maximum absolute atomic E-state index is 14.3. The van der Waals surface area contributed by atoms with Gasteiger partial charge in [-0.15, -0.1) is 0 Å². The molecule has 1 unspecified atom stereocenters. The number of fused-ring (bicyclic) bond motifs is 2. The molecule has 15 heteroatoms. The van der Waals surface area contributed by atoms with E-state index < -0.39 is 50.9 Å². The van der Waals surface area contributed by atoms with Crippen molar-refractivity contribution >= 4 is 41.5 Å². The number of carbonyl (C=O) groups is 1. The normalized spacial score (nSPS) is 21.8. The van der Waals surface area contributed by atoms with Crippen molar-refractivity contribution < 1.29 is 38.1 Å². The molecule has 0 amide bonds. The summed E-state index contributed by atoms with van der Waals surface area (Å²) >= 11 is 0. The Balaban J connectivity index is 1.21. The van der Waals surface area contributed by atoms with E-state index in [0.717, 1.165) is 10.9 Å². The van der Waals surface area contributed by atoms with E-state index in [9.17, 15) is 19.6 Å². The van der Waals surface area contributed by atoms with Crippen LogP contribution in [0, 0.1) is 0 Å². The minimum Gasteiger partial charge on any atom is -0.460 e. The number of imidazole rings is 1. The molecule has 3 aromatic carbocycles. The number of esters is 1. The number of nitrogens with two attached hydrogens (primary N) is 1. The van der Waals surface area contributed by atoms with E-state index >= 15 is 0 Å². The lowest BCUT2D eigenvalue weighted by molar-refractivity contribution is -0.146. The van der Waals surface area contributed by atoms with E-state index in [2.05, 4.69) is 20.0 Å². The highest BCUT2D eigenvalue weighted by Crippen LogP contribution is 2.47. The van der Waals surface area contributed by atoms with Crippen LogP contribution >= 0.6 is 7.75 Å². The van der Waals surface area contributed by atoms with Crippen LogP contribution in [0.4, 0.5) is 5.82 Å². The number of nitrogens with one attached hydrogen (secondary N) is 1. The van der Waals surface area contributed by atoms with E-state index in [0.29, 0.717) is 10.9 Å². The second-order valence-electron chi connectivity index (χ2n) is 10.4. The van der Waals surface area contributed by atoms with Gasteiger partial charge in [-0.2, -0.15) is 5.09 Å². The molecule has 2 aromatic heterocycles. The standard InChI is InChI=1S/C30H31N6O8P/c1-18(30(39)41-14-19-8-3-2-4-9-19)35-45(40,44-22-13-7-11-20-10-5-6-12-21(20)22)42-15-23-25(37)26(38)29(43-23)36-17-34-24-27(31)32-16-33-28(24)36/h2-13,16-18,23,25-26,29,37-38H,14-15H2,1H3,(H,35,40)(H2,31,32,33)/t18-,23+,25+,26+,29+,45?/m0/s1. The summed E-state index contributed by atoms with van der Waals surface area (Å²) in [5, 5.41) is 25.8. The summed E-state index contributed by atoms with van der Waals surface area (Å²) in [6.07, 6.45) is -2.55. The third-order valence-corrected chi connectivity index (χ3v) is 8.93. The molecule has 234 valence electrons. The quantitative estimate of drug-likeness (QED) is 0.122. The highest BCUT2D eigenvalue weighted by atomic mass is 31.2. The Kier molecular flexibility index (Phi) is 8.76. The molecule has 3 heterocycles. The van der Waals surface area contributed by atoms with E-state index in [1.807, 2.05) is 48.5 Å². The average Bonchev–Trinajstić information content (AvgIpc) is 3.60. The fraction of sp³-hybridized carbons (Fsp3) is 0.267. The second-order valence-corrected chi connectivity index (χ2v) is 12.1. The van der Waals surface area contributed by atoms with Crippen LogP contribution in [0.2, 0.25) is 0 Å². The first-order valence-electron chi connectivity index (χ1n) is 14.1. The predicted molar refractivity (Wildman–Crippen MR) is 163 cm³/mol. The number of rotatable bonds is 11. The summed E-state index contributed by atoms with van der Waals surface area (Å²) in [7, 11) is -4.36. The van der Waals surface area contributed by atoms with Crippen molar-refractivity contribution in [2.24, 2.45) is 0 Å². The van der Waals surface area contributed by atoms with Crippen molar-refractivity contribution in [2.45, 2.75) is 44.1 Å². The number of aliphatic hydroxyl groups is 2. The average molecular weight is 635 g/mol. The number of benzene rings is 3. The topological polar surface area (TPSA) is 193 Å².